The van der Waals surface area contributed by atoms with Crippen molar-refractivity contribution in [3.8, 4) is 0 Å². The Bertz CT molecular complexity index is 1340. The number of rotatable bonds is 6. The van der Waals surface area contributed by atoms with E-state index in [-0.39, 0.29) is 33.0 Å². The molecule has 1 aromatic heterocycles. The number of piperazine rings is 1. The van der Waals surface area contributed by atoms with Gasteiger partial charge in [0.1, 0.15) is 4.21 Å². The minimum absolute atomic E-state index is 0.0142. The first-order valence-corrected chi connectivity index (χ1v) is 14.0. The molecule has 4 rings (SSSR count). The molecule has 0 radical (unpaired) electrons. The maximum atomic E-state index is 13.1. The topological polar surface area (TPSA) is 104 Å². The third-order valence-corrected chi connectivity index (χ3v) is 10.7. The highest BCUT2D eigenvalue weighted by molar-refractivity contribution is 7.92. The van der Waals surface area contributed by atoms with Crippen LogP contribution in [0.5, 0.6) is 0 Å². The van der Waals surface area contributed by atoms with Gasteiger partial charge in [0.2, 0.25) is 9.84 Å². The number of benzene rings is 2. The van der Waals surface area contributed by atoms with E-state index in [1.807, 2.05) is 12.1 Å². The SMILES string of the molecule is CNC(=O)c1ccc(N2CCN(S(=O)(=O)c3cc(S(=O)(=O)c4ccccc4)cs3)CC2)cc1. The largest absolute Gasteiger partial charge is 0.369 e. The summed E-state index contributed by atoms with van der Waals surface area (Å²) in [6, 6.07) is 16.3. The normalized spacial score (nSPS) is 15.4. The summed E-state index contributed by atoms with van der Waals surface area (Å²) in [5.74, 6) is -0.165. The molecule has 0 bridgehead atoms. The Morgan fingerprint density at radius 2 is 1.52 bits per heavy atom. The van der Waals surface area contributed by atoms with Crippen LogP contribution >= 0.6 is 11.3 Å². The Morgan fingerprint density at radius 1 is 0.879 bits per heavy atom. The second kappa shape index (κ2) is 9.26. The predicted octanol–water partition coefficient (Wildman–Crippen LogP) is 2.45. The Hall–Kier alpha value is -2.73. The Morgan fingerprint density at radius 3 is 2.12 bits per heavy atom. The Kier molecular flexibility index (Phi) is 6.57. The molecule has 2 aromatic carbocycles. The van der Waals surface area contributed by atoms with Gasteiger partial charge in [-0.05, 0) is 42.5 Å². The molecule has 1 N–H and O–H groups in total. The van der Waals surface area contributed by atoms with Crippen LogP contribution in [0.15, 0.2) is 80.0 Å². The number of nitrogens with zero attached hydrogens (tertiary/aromatic N) is 2. The molecular formula is C22H23N3O5S3. The van der Waals surface area contributed by atoms with Crippen LogP contribution in [0.4, 0.5) is 5.69 Å². The molecule has 0 atom stereocenters. The lowest BCUT2D eigenvalue weighted by molar-refractivity contribution is 0.0963. The highest BCUT2D eigenvalue weighted by Gasteiger charge is 2.31. The highest BCUT2D eigenvalue weighted by Crippen LogP contribution is 2.30. The van der Waals surface area contributed by atoms with Gasteiger partial charge in [0.05, 0.1) is 9.79 Å². The van der Waals surface area contributed by atoms with E-state index < -0.39 is 19.9 Å². The van der Waals surface area contributed by atoms with Gasteiger partial charge in [0.25, 0.3) is 15.9 Å². The van der Waals surface area contributed by atoms with E-state index in [4.69, 9.17) is 0 Å². The van der Waals surface area contributed by atoms with Gasteiger partial charge in [0.15, 0.2) is 0 Å². The molecule has 8 nitrogen and oxygen atoms in total. The molecule has 3 aromatic rings. The Labute approximate surface area is 197 Å². The first kappa shape index (κ1) is 23.4. The molecule has 11 heteroatoms. The molecule has 1 amide bonds. The maximum absolute atomic E-state index is 13.1. The fourth-order valence-electron chi connectivity index (χ4n) is 3.59. The van der Waals surface area contributed by atoms with Gasteiger partial charge in [-0.1, -0.05) is 18.2 Å². The average Bonchev–Trinajstić information content (AvgIpc) is 3.37. The highest BCUT2D eigenvalue weighted by atomic mass is 32.2. The third kappa shape index (κ3) is 4.67. The molecule has 1 saturated heterocycles. The number of amides is 1. The lowest BCUT2D eigenvalue weighted by Gasteiger charge is -2.35. The van der Waals surface area contributed by atoms with Crippen LogP contribution < -0.4 is 10.2 Å². The Balaban J connectivity index is 1.46. The van der Waals surface area contributed by atoms with Gasteiger partial charge in [-0.25, -0.2) is 16.8 Å². The van der Waals surface area contributed by atoms with Gasteiger partial charge in [-0.15, -0.1) is 11.3 Å². The molecule has 0 unspecified atom stereocenters. The van der Waals surface area contributed by atoms with Crippen molar-refractivity contribution in [2.75, 3.05) is 38.1 Å². The van der Waals surface area contributed by atoms with E-state index >= 15 is 0 Å². The number of hydrogen-bond donors (Lipinski definition) is 1. The quantitative estimate of drug-likeness (QED) is 0.552. The number of sulfonamides is 1. The number of carbonyl (C=O) groups is 1. The third-order valence-electron chi connectivity index (χ3n) is 5.47. The van der Waals surface area contributed by atoms with Gasteiger partial charge in [-0.2, -0.15) is 4.31 Å². The zero-order chi connectivity index (χ0) is 23.6. The van der Waals surface area contributed by atoms with Gasteiger partial charge in [0, 0.05) is 49.9 Å². The fraction of sp³-hybridized carbons (Fsp3) is 0.227. The van der Waals surface area contributed by atoms with Crippen LogP contribution in [0.3, 0.4) is 0 Å². The van der Waals surface area contributed by atoms with Crippen molar-refractivity contribution in [3.05, 3.63) is 71.6 Å². The summed E-state index contributed by atoms with van der Waals surface area (Å²) in [6.45, 7) is 1.52. The predicted molar refractivity (Wildman–Crippen MR) is 127 cm³/mol. The van der Waals surface area contributed by atoms with Gasteiger partial charge < -0.3 is 10.2 Å². The van der Waals surface area contributed by atoms with E-state index in [0.29, 0.717) is 18.7 Å². The van der Waals surface area contributed by atoms with Crippen molar-refractivity contribution in [1.29, 1.82) is 0 Å². The first-order chi connectivity index (χ1) is 15.7. The zero-order valence-electron chi connectivity index (χ0n) is 17.8. The van der Waals surface area contributed by atoms with E-state index in [1.54, 1.807) is 37.4 Å². The smallest absolute Gasteiger partial charge is 0.252 e. The van der Waals surface area contributed by atoms with Crippen LogP contribution in [-0.4, -0.2) is 60.3 Å². The van der Waals surface area contributed by atoms with E-state index in [1.165, 1.54) is 27.9 Å². The minimum Gasteiger partial charge on any atom is -0.369 e. The second-order valence-corrected chi connectivity index (χ2v) is 12.5. The lowest BCUT2D eigenvalue weighted by Crippen LogP contribution is -2.48. The van der Waals surface area contributed by atoms with Crippen molar-refractivity contribution in [2.45, 2.75) is 14.0 Å². The monoisotopic (exact) mass is 505 g/mol. The minimum atomic E-state index is -3.80. The number of anilines is 1. The molecule has 1 fully saturated rings. The van der Waals surface area contributed by atoms with Crippen molar-refractivity contribution in [3.63, 3.8) is 0 Å². The van der Waals surface area contributed by atoms with Gasteiger partial charge >= 0.3 is 0 Å². The molecule has 0 aliphatic carbocycles. The molecule has 1 aliphatic rings. The number of sulfone groups is 1. The van der Waals surface area contributed by atoms with E-state index in [0.717, 1.165) is 17.0 Å². The van der Waals surface area contributed by atoms with Crippen molar-refractivity contribution in [2.24, 2.45) is 0 Å². The molecule has 2 heterocycles. The van der Waals surface area contributed by atoms with Crippen LogP contribution in [-0.2, 0) is 19.9 Å². The summed E-state index contributed by atoms with van der Waals surface area (Å²) in [5.41, 5.74) is 1.47. The summed E-state index contributed by atoms with van der Waals surface area (Å²) in [7, 11) is -6.00. The molecular weight excluding hydrogens is 482 g/mol. The van der Waals surface area contributed by atoms with Crippen LogP contribution in [0.25, 0.3) is 0 Å². The summed E-state index contributed by atoms with van der Waals surface area (Å²) in [4.78, 5) is 13.9. The van der Waals surface area contributed by atoms with Crippen LogP contribution in [0.2, 0.25) is 0 Å². The summed E-state index contributed by atoms with van der Waals surface area (Å²) < 4.78 is 53.3. The molecule has 33 heavy (non-hydrogen) atoms. The van der Waals surface area contributed by atoms with Crippen LogP contribution in [0, 0.1) is 0 Å². The average molecular weight is 506 g/mol. The number of nitrogens with one attached hydrogen (secondary N) is 1. The van der Waals surface area contributed by atoms with Gasteiger partial charge in [-0.3, -0.25) is 4.79 Å². The summed E-state index contributed by atoms with van der Waals surface area (Å²) >= 11 is 0.915. The second-order valence-electron chi connectivity index (χ2n) is 7.44. The molecule has 0 saturated carbocycles. The maximum Gasteiger partial charge on any atom is 0.252 e. The zero-order valence-corrected chi connectivity index (χ0v) is 20.3. The summed E-state index contributed by atoms with van der Waals surface area (Å²) in [5, 5.41) is 3.95. The van der Waals surface area contributed by atoms with E-state index in [9.17, 15) is 21.6 Å². The molecule has 0 spiro atoms. The number of thiophene rings is 1. The van der Waals surface area contributed by atoms with Crippen molar-refractivity contribution in [1.82, 2.24) is 9.62 Å². The summed E-state index contributed by atoms with van der Waals surface area (Å²) in [6.07, 6.45) is 0. The molecule has 174 valence electrons. The number of hydrogen-bond acceptors (Lipinski definition) is 7. The van der Waals surface area contributed by atoms with Crippen LogP contribution in [0.1, 0.15) is 10.4 Å². The fourth-order valence-corrected chi connectivity index (χ4v) is 8.07. The lowest BCUT2D eigenvalue weighted by atomic mass is 10.1. The van der Waals surface area contributed by atoms with Crippen molar-refractivity contribution >= 4 is 42.8 Å². The molecule has 1 aliphatic heterocycles. The first-order valence-electron chi connectivity index (χ1n) is 10.2. The van der Waals surface area contributed by atoms with E-state index in [2.05, 4.69) is 10.2 Å². The number of carbonyl (C=O) groups excluding carboxylic acids is 1. The van der Waals surface area contributed by atoms with Crippen molar-refractivity contribution < 1.29 is 21.6 Å². The standard InChI is InChI=1S/C22H23N3O5S3/c1-23-22(26)17-7-9-18(10-8-17)24-11-13-25(14-12-24)33(29,30)21-15-20(16-31-21)32(27,28)19-5-3-2-4-6-19/h2-10,15-16H,11-14H2,1H3,(H,23,26).